The molecule has 0 bridgehead atoms. The van der Waals surface area contributed by atoms with Gasteiger partial charge in [-0.2, -0.15) is 0 Å². The molecule has 1 fully saturated rings. The molecule has 0 aromatic heterocycles. The molecule has 1 aliphatic rings. The molecule has 0 atom stereocenters. The Balaban J connectivity index is 2.35. The van der Waals surface area contributed by atoms with Gasteiger partial charge >= 0.3 is 5.97 Å². The quantitative estimate of drug-likeness (QED) is 0.579. The summed E-state index contributed by atoms with van der Waals surface area (Å²) in [6.45, 7) is 6.23. The van der Waals surface area contributed by atoms with Crippen LogP contribution in [0.15, 0.2) is 12.2 Å². The molecule has 4 nitrogen and oxygen atoms in total. The fraction of sp³-hybridized carbons (Fsp3) is 0.786. The van der Waals surface area contributed by atoms with E-state index < -0.39 is 0 Å². The van der Waals surface area contributed by atoms with Crippen molar-refractivity contribution in [3.8, 4) is 0 Å². The number of carbonyl (C=O) groups is 1. The van der Waals surface area contributed by atoms with Gasteiger partial charge in [0.2, 0.25) is 0 Å². The van der Waals surface area contributed by atoms with Crippen molar-refractivity contribution in [1.29, 1.82) is 0 Å². The zero-order valence-corrected chi connectivity index (χ0v) is 11.6. The maximum atomic E-state index is 11.2. The first-order valence-electron chi connectivity index (χ1n) is 7.00. The molecule has 18 heavy (non-hydrogen) atoms. The third kappa shape index (κ3) is 5.19. The molecule has 0 amide bonds. The van der Waals surface area contributed by atoms with Crippen molar-refractivity contribution in [1.82, 2.24) is 4.90 Å². The standard InChI is InChI=1S/C14H26N2O2/c1-3-16(11-5-6-14(17)18-4-2)13-9-7-12(15)8-10-13/h5-6,12-13H,3-4,7-11,15H2,1-2H3/b6-5+. The summed E-state index contributed by atoms with van der Waals surface area (Å²) in [6, 6.07) is 0.997. The molecule has 0 heterocycles. The molecule has 4 heteroatoms. The summed E-state index contributed by atoms with van der Waals surface area (Å²) in [7, 11) is 0. The Morgan fingerprint density at radius 1 is 1.33 bits per heavy atom. The summed E-state index contributed by atoms with van der Waals surface area (Å²) >= 11 is 0. The lowest BCUT2D eigenvalue weighted by Gasteiger charge is -2.34. The van der Waals surface area contributed by atoms with E-state index in [4.69, 9.17) is 10.5 Å². The van der Waals surface area contributed by atoms with Crippen molar-refractivity contribution in [2.45, 2.75) is 51.6 Å². The van der Waals surface area contributed by atoms with Gasteiger partial charge in [-0.1, -0.05) is 13.0 Å². The van der Waals surface area contributed by atoms with Gasteiger partial charge in [0.1, 0.15) is 0 Å². The lowest BCUT2D eigenvalue weighted by Crippen LogP contribution is -2.40. The van der Waals surface area contributed by atoms with Gasteiger partial charge in [0.05, 0.1) is 6.61 Å². The summed E-state index contributed by atoms with van der Waals surface area (Å²) in [6.07, 6.45) is 7.99. The van der Waals surface area contributed by atoms with Crippen LogP contribution in [0.4, 0.5) is 0 Å². The SMILES string of the molecule is CCOC(=O)/C=C/CN(CC)C1CCC(N)CC1. The van der Waals surface area contributed by atoms with Crippen LogP contribution in [0.3, 0.4) is 0 Å². The van der Waals surface area contributed by atoms with Crippen LogP contribution < -0.4 is 5.73 Å². The van der Waals surface area contributed by atoms with E-state index in [0.717, 1.165) is 25.9 Å². The molecular formula is C14H26N2O2. The van der Waals surface area contributed by atoms with E-state index in [0.29, 0.717) is 18.7 Å². The van der Waals surface area contributed by atoms with Crippen LogP contribution in [0.5, 0.6) is 0 Å². The van der Waals surface area contributed by atoms with Gasteiger partial charge in [0.25, 0.3) is 0 Å². The molecule has 1 saturated carbocycles. The summed E-state index contributed by atoms with van der Waals surface area (Å²) in [5.74, 6) is -0.251. The van der Waals surface area contributed by atoms with E-state index >= 15 is 0 Å². The summed E-state index contributed by atoms with van der Waals surface area (Å²) < 4.78 is 4.86. The number of nitrogens with zero attached hydrogens (tertiary/aromatic N) is 1. The van der Waals surface area contributed by atoms with Gasteiger partial charge in [-0.15, -0.1) is 0 Å². The van der Waals surface area contributed by atoms with Crippen molar-refractivity contribution < 1.29 is 9.53 Å². The fourth-order valence-corrected chi connectivity index (χ4v) is 2.48. The van der Waals surface area contributed by atoms with Crippen molar-refractivity contribution in [3.05, 3.63) is 12.2 Å². The van der Waals surface area contributed by atoms with Gasteiger partial charge in [-0.05, 0) is 39.2 Å². The Labute approximate surface area is 110 Å². The Bertz CT molecular complexity index is 271. The van der Waals surface area contributed by atoms with Gasteiger partial charge in [0, 0.05) is 24.7 Å². The lowest BCUT2D eigenvalue weighted by atomic mass is 9.91. The third-order valence-electron chi connectivity index (χ3n) is 3.54. The highest BCUT2D eigenvalue weighted by molar-refractivity contribution is 5.81. The van der Waals surface area contributed by atoms with Crippen molar-refractivity contribution >= 4 is 5.97 Å². The van der Waals surface area contributed by atoms with Crippen LogP contribution in [-0.2, 0) is 9.53 Å². The second-order valence-electron chi connectivity index (χ2n) is 4.81. The first-order chi connectivity index (χ1) is 8.67. The Morgan fingerprint density at radius 3 is 2.56 bits per heavy atom. The Kier molecular flexibility index (Phi) is 6.98. The first-order valence-corrected chi connectivity index (χ1v) is 7.00. The predicted molar refractivity (Wildman–Crippen MR) is 73.3 cm³/mol. The van der Waals surface area contributed by atoms with Crippen molar-refractivity contribution in [3.63, 3.8) is 0 Å². The van der Waals surface area contributed by atoms with E-state index in [2.05, 4.69) is 11.8 Å². The monoisotopic (exact) mass is 254 g/mol. The number of ether oxygens (including phenoxy) is 1. The molecule has 0 unspecified atom stereocenters. The van der Waals surface area contributed by atoms with E-state index in [-0.39, 0.29) is 5.97 Å². The van der Waals surface area contributed by atoms with E-state index in [1.807, 2.05) is 13.0 Å². The minimum absolute atomic E-state index is 0.251. The van der Waals surface area contributed by atoms with Crippen LogP contribution >= 0.6 is 0 Å². The number of nitrogens with two attached hydrogens (primary N) is 1. The number of hydrogen-bond acceptors (Lipinski definition) is 4. The normalized spacial score (nSPS) is 24.7. The highest BCUT2D eigenvalue weighted by Crippen LogP contribution is 2.21. The molecule has 0 spiro atoms. The van der Waals surface area contributed by atoms with Crippen LogP contribution in [0.1, 0.15) is 39.5 Å². The third-order valence-corrected chi connectivity index (χ3v) is 3.54. The minimum Gasteiger partial charge on any atom is -0.463 e. The average Bonchev–Trinajstić information content (AvgIpc) is 2.36. The molecule has 0 aromatic rings. The highest BCUT2D eigenvalue weighted by Gasteiger charge is 2.22. The van der Waals surface area contributed by atoms with Gasteiger partial charge in [-0.25, -0.2) is 4.79 Å². The molecule has 1 aliphatic carbocycles. The Morgan fingerprint density at radius 2 is 2.00 bits per heavy atom. The number of likely N-dealkylation sites (N-methyl/N-ethyl adjacent to an activating group) is 1. The van der Waals surface area contributed by atoms with Gasteiger partial charge in [0.15, 0.2) is 0 Å². The molecule has 1 rings (SSSR count). The molecule has 0 radical (unpaired) electrons. The van der Waals surface area contributed by atoms with Gasteiger partial charge < -0.3 is 10.5 Å². The minimum atomic E-state index is -0.251. The molecule has 104 valence electrons. The van der Waals surface area contributed by atoms with Crippen LogP contribution in [0.25, 0.3) is 0 Å². The second kappa shape index (κ2) is 8.27. The van der Waals surface area contributed by atoms with Crippen LogP contribution in [0, 0.1) is 0 Å². The van der Waals surface area contributed by atoms with Crippen molar-refractivity contribution in [2.24, 2.45) is 5.73 Å². The zero-order valence-electron chi connectivity index (χ0n) is 11.6. The smallest absolute Gasteiger partial charge is 0.330 e. The van der Waals surface area contributed by atoms with E-state index in [1.54, 1.807) is 0 Å². The second-order valence-corrected chi connectivity index (χ2v) is 4.81. The van der Waals surface area contributed by atoms with E-state index in [9.17, 15) is 4.79 Å². The summed E-state index contributed by atoms with van der Waals surface area (Å²) in [5.41, 5.74) is 5.92. The Hall–Kier alpha value is -0.870. The maximum Gasteiger partial charge on any atom is 0.330 e. The number of hydrogen-bond donors (Lipinski definition) is 1. The topological polar surface area (TPSA) is 55.6 Å². The summed E-state index contributed by atoms with van der Waals surface area (Å²) in [4.78, 5) is 13.6. The molecular weight excluding hydrogens is 228 g/mol. The average molecular weight is 254 g/mol. The maximum absolute atomic E-state index is 11.2. The zero-order chi connectivity index (χ0) is 13.4. The van der Waals surface area contributed by atoms with Crippen molar-refractivity contribution in [2.75, 3.05) is 19.7 Å². The number of carbonyl (C=O) groups excluding carboxylic acids is 1. The van der Waals surface area contributed by atoms with Crippen LogP contribution in [0.2, 0.25) is 0 Å². The first kappa shape index (κ1) is 15.2. The van der Waals surface area contributed by atoms with E-state index in [1.165, 1.54) is 18.9 Å². The predicted octanol–water partition coefficient (Wildman–Crippen LogP) is 1.70. The van der Waals surface area contributed by atoms with Crippen LogP contribution in [-0.4, -0.2) is 42.6 Å². The molecule has 2 N–H and O–H groups in total. The fourth-order valence-electron chi connectivity index (χ4n) is 2.48. The highest BCUT2D eigenvalue weighted by atomic mass is 16.5. The number of rotatable bonds is 6. The number of esters is 1. The molecule has 0 saturated heterocycles. The largest absolute Gasteiger partial charge is 0.463 e. The summed E-state index contributed by atoms with van der Waals surface area (Å²) in [5, 5.41) is 0. The molecule has 0 aromatic carbocycles. The lowest BCUT2D eigenvalue weighted by molar-refractivity contribution is -0.137. The molecule has 0 aliphatic heterocycles. The van der Waals surface area contributed by atoms with Gasteiger partial charge in [-0.3, -0.25) is 4.90 Å².